The van der Waals surface area contributed by atoms with Crippen molar-refractivity contribution in [1.29, 1.82) is 0 Å². The number of aromatic amines is 2. The van der Waals surface area contributed by atoms with Crippen molar-refractivity contribution in [2.75, 3.05) is 20.3 Å². The van der Waals surface area contributed by atoms with Gasteiger partial charge in [-0.15, -0.1) is 0 Å². The summed E-state index contributed by atoms with van der Waals surface area (Å²) in [6.45, 7) is 17.4. The van der Waals surface area contributed by atoms with Crippen molar-refractivity contribution in [1.82, 2.24) is 20.6 Å². The monoisotopic (exact) mass is 809 g/mol. The lowest BCUT2D eigenvalue weighted by Gasteiger charge is -2.20. The Kier molecular flexibility index (Phi) is 14.4. The second-order valence-corrected chi connectivity index (χ2v) is 17.5. The van der Waals surface area contributed by atoms with E-state index in [0.717, 1.165) is 87.0 Å². The Labute approximate surface area is 350 Å². The Hall–Kier alpha value is -4.54. The first kappa shape index (κ1) is 44.0. The van der Waals surface area contributed by atoms with Gasteiger partial charge < -0.3 is 40.3 Å². The van der Waals surface area contributed by atoms with E-state index < -0.39 is 18.0 Å². The summed E-state index contributed by atoms with van der Waals surface area (Å²) < 4.78 is 11.1. The van der Waals surface area contributed by atoms with E-state index in [9.17, 15) is 19.8 Å². The molecule has 8 bridgehead atoms. The van der Waals surface area contributed by atoms with E-state index in [-0.39, 0.29) is 37.4 Å². The quantitative estimate of drug-likeness (QED) is 0.0544. The Morgan fingerprint density at radius 3 is 2.39 bits per heavy atom. The summed E-state index contributed by atoms with van der Waals surface area (Å²) in [4.78, 5) is 34.3. The van der Waals surface area contributed by atoms with Crippen LogP contribution in [0.4, 0.5) is 0 Å². The molecular formula is C49H68N4O6. The number of esters is 2. The van der Waals surface area contributed by atoms with Gasteiger partial charge in [0.2, 0.25) is 0 Å². The van der Waals surface area contributed by atoms with Gasteiger partial charge in [0, 0.05) is 75.5 Å². The van der Waals surface area contributed by atoms with Crippen LogP contribution in [0.3, 0.4) is 0 Å². The minimum atomic E-state index is -1.13. The number of hydrogen-bond donors (Lipinski definition) is 6. The number of aliphatic hydroxyl groups is 2. The second kappa shape index (κ2) is 19.2. The summed E-state index contributed by atoms with van der Waals surface area (Å²) in [5.41, 5.74) is 13.4. The fourth-order valence-electron chi connectivity index (χ4n) is 9.55. The Balaban J connectivity index is 1.35. The van der Waals surface area contributed by atoms with Gasteiger partial charge in [-0.25, -0.2) is 0 Å². The molecular weight excluding hydrogens is 741 g/mol. The minimum absolute atomic E-state index is 0.00299. The normalized spacial score (nSPS) is 23.5. The molecule has 2 aromatic rings. The van der Waals surface area contributed by atoms with Crippen LogP contribution in [0.15, 0.2) is 51.7 Å². The highest BCUT2D eigenvalue weighted by atomic mass is 16.5. The van der Waals surface area contributed by atoms with Gasteiger partial charge in [0.05, 0.1) is 18.6 Å². The number of methoxy groups -OCH3 is 1. The standard InChI is InChI=1S/C49H68N4O6/c1-10-33-29(5)37-25-41-34(20-22-54)30(6)36(51-41)24-38-31(7)35(18-19-42(55)59-23-21-28(4)17-15-13-11-12-14-16-27(2)3)46(52-38)44-45(49(57)58-9)48(56)43-32(8)39(53-47(43)44)26-40(33)50-37/h21,24-27,31,34,45,48,50-54,56H,10-20,22-23H2,1-9H3/b28-21-,38-24-,39-26-,41-25-/t31-,34+,45+,48-/m0/s1. The van der Waals surface area contributed by atoms with Crippen molar-refractivity contribution in [2.45, 2.75) is 132 Å². The highest BCUT2D eigenvalue weighted by molar-refractivity contribution is 5.92. The van der Waals surface area contributed by atoms with E-state index in [2.05, 4.69) is 87.3 Å². The molecule has 320 valence electrons. The molecule has 0 aromatic carbocycles. The summed E-state index contributed by atoms with van der Waals surface area (Å²) in [5, 5.41) is 31.0. The third kappa shape index (κ3) is 9.29. The fraction of sp³-hybridized carbons (Fsp3) is 0.551. The minimum Gasteiger partial charge on any atom is -0.468 e. The molecule has 0 amide bonds. The summed E-state index contributed by atoms with van der Waals surface area (Å²) in [6, 6.07) is 0. The molecule has 10 heteroatoms. The molecule has 0 radical (unpaired) electrons. The molecule has 5 heterocycles. The van der Waals surface area contributed by atoms with E-state index in [1.54, 1.807) is 0 Å². The molecule has 6 N–H and O–H groups in total. The van der Waals surface area contributed by atoms with Gasteiger partial charge >= 0.3 is 11.9 Å². The average molecular weight is 809 g/mol. The number of fused-ring (bicyclic) bond motifs is 8. The maximum absolute atomic E-state index is 13.6. The van der Waals surface area contributed by atoms with Crippen molar-refractivity contribution in [3.8, 4) is 0 Å². The Morgan fingerprint density at radius 2 is 1.68 bits per heavy atom. The number of rotatable bonds is 17. The van der Waals surface area contributed by atoms with Crippen LogP contribution in [0.25, 0.3) is 17.7 Å². The topological polar surface area (TPSA) is 149 Å². The number of unbranched alkanes of at least 4 members (excludes halogenated alkanes) is 4. The van der Waals surface area contributed by atoms with Crippen LogP contribution in [0.5, 0.6) is 0 Å². The highest BCUT2D eigenvalue weighted by Crippen LogP contribution is 2.45. The number of allylic oxidation sites excluding steroid dienone is 5. The van der Waals surface area contributed by atoms with Crippen LogP contribution in [0.1, 0.15) is 145 Å². The van der Waals surface area contributed by atoms with Crippen molar-refractivity contribution < 1.29 is 29.3 Å². The first-order valence-corrected chi connectivity index (χ1v) is 22.0. The molecule has 0 saturated carbocycles. The molecule has 6 rings (SSSR count). The largest absolute Gasteiger partial charge is 0.468 e. The smallest absolute Gasteiger partial charge is 0.316 e. The molecule has 0 spiro atoms. The third-order valence-corrected chi connectivity index (χ3v) is 13.2. The van der Waals surface area contributed by atoms with E-state index >= 15 is 0 Å². The molecule has 3 aliphatic heterocycles. The number of ether oxygens (including phenoxy) is 2. The van der Waals surface area contributed by atoms with Crippen molar-refractivity contribution in [3.63, 3.8) is 0 Å². The summed E-state index contributed by atoms with van der Waals surface area (Å²) >= 11 is 0. The first-order chi connectivity index (χ1) is 28.3. The zero-order valence-corrected chi connectivity index (χ0v) is 36.9. The van der Waals surface area contributed by atoms with Gasteiger partial charge in [0.1, 0.15) is 12.5 Å². The number of nitrogens with one attached hydrogen (secondary N) is 4. The van der Waals surface area contributed by atoms with Gasteiger partial charge in [-0.1, -0.05) is 65.4 Å². The summed E-state index contributed by atoms with van der Waals surface area (Å²) in [5.74, 6) is -1.17. The Morgan fingerprint density at radius 1 is 0.932 bits per heavy atom. The van der Waals surface area contributed by atoms with Gasteiger partial charge in [0.15, 0.2) is 0 Å². The SMILES string of the molecule is CCc1c2[nH]c(c1C)/C=C1\NC(=C(C)[C@H]1CCO)/C=C1\NC(=C(CCC(=O)OC/C=C(/C)CCCCCCCC(C)C)[C@@H]1C)C1=c3[nH]/c(c(C)c3[C@H](O)[C@@H]1C(=O)OC)=C\2. The van der Waals surface area contributed by atoms with E-state index in [1.165, 1.54) is 50.4 Å². The summed E-state index contributed by atoms with van der Waals surface area (Å²) in [7, 11) is 1.35. The maximum Gasteiger partial charge on any atom is 0.316 e. The first-order valence-electron chi connectivity index (χ1n) is 22.0. The van der Waals surface area contributed by atoms with Crippen molar-refractivity contribution in [2.24, 2.45) is 23.7 Å². The molecule has 1 aliphatic carbocycles. The zero-order chi connectivity index (χ0) is 42.5. The molecule has 59 heavy (non-hydrogen) atoms. The second-order valence-electron chi connectivity index (χ2n) is 17.5. The van der Waals surface area contributed by atoms with E-state index in [0.29, 0.717) is 29.3 Å². The van der Waals surface area contributed by atoms with E-state index in [4.69, 9.17) is 9.47 Å². The van der Waals surface area contributed by atoms with Crippen LogP contribution in [0.2, 0.25) is 0 Å². The van der Waals surface area contributed by atoms with Gasteiger partial charge in [-0.3, -0.25) is 9.59 Å². The number of aromatic nitrogens is 2. The molecule has 10 nitrogen and oxygen atoms in total. The predicted molar refractivity (Wildman–Crippen MR) is 235 cm³/mol. The molecule has 0 unspecified atom stereocenters. The molecule has 2 aromatic heterocycles. The molecule has 0 saturated heterocycles. The van der Waals surface area contributed by atoms with Crippen LogP contribution >= 0.6 is 0 Å². The zero-order valence-electron chi connectivity index (χ0n) is 36.9. The molecule has 0 fully saturated rings. The predicted octanol–water partition coefficient (Wildman–Crippen LogP) is 7.60. The fourth-order valence-corrected chi connectivity index (χ4v) is 9.55. The number of carbonyl (C=O) groups excluding carboxylic acids is 2. The lowest BCUT2D eigenvalue weighted by atomic mass is 9.89. The third-order valence-electron chi connectivity index (χ3n) is 13.2. The average Bonchev–Trinajstić information content (AvgIpc) is 3.94. The van der Waals surface area contributed by atoms with Crippen LogP contribution in [0, 0.1) is 37.5 Å². The van der Waals surface area contributed by atoms with Crippen molar-refractivity contribution >= 4 is 29.7 Å². The lowest BCUT2D eigenvalue weighted by Crippen LogP contribution is -2.27. The summed E-state index contributed by atoms with van der Waals surface area (Å²) in [6.07, 6.45) is 17.8. The van der Waals surface area contributed by atoms with Crippen LogP contribution < -0.4 is 21.3 Å². The van der Waals surface area contributed by atoms with Crippen molar-refractivity contribution in [3.05, 3.63) is 96.0 Å². The molecule has 4 atom stereocenters. The lowest BCUT2D eigenvalue weighted by molar-refractivity contribution is -0.146. The van der Waals surface area contributed by atoms with E-state index in [1.807, 2.05) is 13.0 Å². The van der Waals surface area contributed by atoms with Gasteiger partial charge in [0.25, 0.3) is 0 Å². The number of hydrogen-bond acceptors (Lipinski definition) is 8. The number of carbonyl (C=O) groups is 2. The van der Waals surface area contributed by atoms with Crippen LogP contribution in [-0.4, -0.2) is 52.4 Å². The number of H-pyrrole nitrogens is 2. The van der Waals surface area contributed by atoms with Gasteiger partial charge in [-0.2, -0.15) is 0 Å². The highest BCUT2D eigenvalue weighted by Gasteiger charge is 2.45. The van der Waals surface area contributed by atoms with Gasteiger partial charge in [-0.05, 0) is 118 Å². The Bertz CT molecular complexity index is 2210. The maximum atomic E-state index is 13.6. The number of aliphatic hydroxyl groups excluding tert-OH is 2. The van der Waals surface area contributed by atoms with Crippen LogP contribution in [-0.2, 0) is 25.5 Å². The molecule has 4 aliphatic rings.